The van der Waals surface area contributed by atoms with E-state index < -0.39 is 0 Å². The van der Waals surface area contributed by atoms with Gasteiger partial charge in [0, 0.05) is 16.7 Å². The number of imidazole rings is 1. The Morgan fingerprint density at radius 2 is 1.97 bits per heavy atom. The molecule has 0 saturated heterocycles. The van der Waals surface area contributed by atoms with Gasteiger partial charge in [0.05, 0.1) is 24.4 Å². The van der Waals surface area contributed by atoms with Gasteiger partial charge in [0.1, 0.15) is 5.82 Å². The van der Waals surface area contributed by atoms with E-state index in [0.29, 0.717) is 16.9 Å². The van der Waals surface area contributed by atoms with Crippen LogP contribution in [-0.2, 0) is 0 Å². The van der Waals surface area contributed by atoms with Gasteiger partial charge in [-0.2, -0.15) is 5.10 Å². The summed E-state index contributed by atoms with van der Waals surface area (Å²) < 4.78 is 5.05. The number of carbonyl (C=O) groups excluding carboxylic acids is 1. The number of carbonyl (C=O) groups is 1. The Labute approximate surface area is 166 Å². The molecule has 0 unspecified atom stereocenters. The Morgan fingerprint density at radius 1 is 1.14 bits per heavy atom. The van der Waals surface area contributed by atoms with Crippen LogP contribution in [0.15, 0.2) is 71.8 Å². The van der Waals surface area contributed by atoms with Gasteiger partial charge in [-0.25, -0.2) is 10.4 Å². The topological polar surface area (TPSA) is 99.6 Å². The maximum absolute atomic E-state index is 12.4. The lowest BCUT2D eigenvalue weighted by atomic mass is 10.2. The number of amides is 1. The molecule has 4 aromatic rings. The second-order valence-electron chi connectivity index (χ2n) is 6.28. The van der Waals surface area contributed by atoms with Crippen LogP contribution in [0, 0.1) is 0 Å². The third-order valence-electron chi connectivity index (χ3n) is 4.41. The molecule has 3 aromatic carbocycles. The van der Waals surface area contributed by atoms with Crippen LogP contribution in [0.2, 0.25) is 0 Å². The van der Waals surface area contributed by atoms with Gasteiger partial charge in [0.25, 0.3) is 5.91 Å². The number of nitrogens with one attached hydrogen (secondary N) is 2. The minimum absolute atomic E-state index is 0.0414. The number of aromatic hydroxyl groups is 1. The summed E-state index contributed by atoms with van der Waals surface area (Å²) in [6, 6.07) is 20.0. The number of nitrogens with zero attached hydrogens (tertiary/aromatic N) is 2. The molecule has 0 spiro atoms. The number of rotatable bonds is 5. The highest BCUT2D eigenvalue weighted by atomic mass is 16.5. The normalized spacial score (nSPS) is 11.1. The lowest BCUT2D eigenvalue weighted by Gasteiger charge is -2.05. The second-order valence-corrected chi connectivity index (χ2v) is 6.28. The molecular formula is C22H18N4O3. The molecule has 29 heavy (non-hydrogen) atoms. The fraction of sp³-hybridized carbons (Fsp3) is 0.0455. The monoisotopic (exact) mass is 386 g/mol. The van der Waals surface area contributed by atoms with Crippen molar-refractivity contribution in [3.8, 4) is 22.9 Å². The van der Waals surface area contributed by atoms with E-state index in [1.807, 2.05) is 30.3 Å². The number of ether oxygens (including phenoxy) is 1. The van der Waals surface area contributed by atoms with Gasteiger partial charge in [-0.05, 0) is 30.3 Å². The summed E-state index contributed by atoms with van der Waals surface area (Å²) in [6.07, 6.45) is 1.36. The number of hydrazone groups is 1. The number of fused-ring (bicyclic) bond motifs is 1. The molecular weight excluding hydrogens is 368 g/mol. The summed E-state index contributed by atoms with van der Waals surface area (Å²) in [7, 11) is 1.46. The van der Waals surface area contributed by atoms with Crippen molar-refractivity contribution in [2.75, 3.05) is 7.11 Å². The summed E-state index contributed by atoms with van der Waals surface area (Å²) in [5, 5.41) is 14.0. The van der Waals surface area contributed by atoms with Crippen molar-refractivity contribution in [3.05, 3.63) is 77.9 Å². The lowest BCUT2D eigenvalue weighted by Crippen LogP contribution is -2.17. The van der Waals surface area contributed by atoms with E-state index in [-0.39, 0.29) is 11.7 Å². The molecule has 0 saturated carbocycles. The van der Waals surface area contributed by atoms with E-state index in [0.717, 1.165) is 22.4 Å². The van der Waals surface area contributed by atoms with Gasteiger partial charge in [0.2, 0.25) is 0 Å². The van der Waals surface area contributed by atoms with Crippen LogP contribution in [0.1, 0.15) is 15.9 Å². The first kappa shape index (κ1) is 18.2. The highest BCUT2D eigenvalue weighted by Gasteiger charge is 2.10. The van der Waals surface area contributed by atoms with E-state index >= 15 is 0 Å². The molecule has 0 fully saturated rings. The number of aromatic amines is 1. The third kappa shape index (κ3) is 3.79. The molecule has 1 aromatic heterocycles. The molecule has 0 aliphatic carbocycles. The summed E-state index contributed by atoms with van der Waals surface area (Å²) in [4.78, 5) is 20.2. The highest BCUT2D eigenvalue weighted by molar-refractivity contribution is 5.98. The Bertz CT molecular complexity index is 1200. The zero-order chi connectivity index (χ0) is 20.2. The van der Waals surface area contributed by atoms with E-state index in [9.17, 15) is 9.90 Å². The van der Waals surface area contributed by atoms with Gasteiger partial charge in [-0.15, -0.1) is 0 Å². The zero-order valence-corrected chi connectivity index (χ0v) is 15.6. The van der Waals surface area contributed by atoms with Gasteiger partial charge >= 0.3 is 0 Å². The van der Waals surface area contributed by atoms with Crippen LogP contribution in [0.3, 0.4) is 0 Å². The molecule has 7 nitrogen and oxygen atoms in total. The van der Waals surface area contributed by atoms with Crippen LogP contribution < -0.4 is 10.2 Å². The molecule has 0 atom stereocenters. The first-order valence-corrected chi connectivity index (χ1v) is 8.90. The van der Waals surface area contributed by atoms with Crippen molar-refractivity contribution >= 4 is 23.2 Å². The Balaban J connectivity index is 1.51. The molecule has 0 aliphatic rings. The number of phenolic OH excluding ortho intramolecular Hbond substituents is 1. The predicted octanol–water partition coefficient (Wildman–Crippen LogP) is 3.71. The molecule has 0 bridgehead atoms. The number of phenols is 1. The number of aromatic nitrogens is 2. The maximum Gasteiger partial charge on any atom is 0.271 e. The number of methoxy groups -OCH3 is 1. The van der Waals surface area contributed by atoms with Crippen molar-refractivity contribution in [3.63, 3.8) is 0 Å². The van der Waals surface area contributed by atoms with Crippen LogP contribution in [0.4, 0.5) is 0 Å². The predicted molar refractivity (Wildman–Crippen MR) is 111 cm³/mol. The average Bonchev–Trinajstić information content (AvgIpc) is 3.19. The number of hydrogen-bond acceptors (Lipinski definition) is 5. The number of para-hydroxylation sites is 1. The Hall–Kier alpha value is -4.13. The molecule has 144 valence electrons. The van der Waals surface area contributed by atoms with Gasteiger partial charge < -0.3 is 14.8 Å². The SMILES string of the molecule is COc1cccc(/C=N/NC(=O)c2ccc3nc(-c4ccccc4)[nH]c3c2)c1O. The molecule has 1 heterocycles. The van der Waals surface area contributed by atoms with E-state index in [2.05, 4.69) is 20.5 Å². The van der Waals surface area contributed by atoms with E-state index in [1.165, 1.54) is 13.3 Å². The van der Waals surface area contributed by atoms with Crippen LogP contribution in [0.5, 0.6) is 11.5 Å². The maximum atomic E-state index is 12.4. The molecule has 0 aliphatic heterocycles. The van der Waals surface area contributed by atoms with Gasteiger partial charge in [-0.3, -0.25) is 4.79 Å². The van der Waals surface area contributed by atoms with Gasteiger partial charge in [0.15, 0.2) is 11.5 Å². The average molecular weight is 386 g/mol. The van der Waals surface area contributed by atoms with Crippen molar-refractivity contribution < 1.29 is 14.6 Å². The van der Waals surface area contributed by atoms with Crippen LogP contribution >= 0.6 is 0 Å². The molecule has 7 heteroatoms. The van der Waals surface area contributed by atoms with Crippen molar-refractivity contribution in [1.29, 1.82) is 0 Å². The number of H-pyrrole nitrogens is 1. The minimum Gasteiger partial charge on any atom is -0.504 e. The summed E-state index contributed by atoms with van der Waals surface area (Å²) in [5.41, 5.74) is 5.82. The molecule has 4 rings (SSSR count). The van der Waals surface area contributed by atoms with Crippen molar-refractivity contribution in [2.45, 2.75) is 0 Å². The largest absolute Gasteiger partial charge is 0.504 e. The summed E-state index contributed by atoms with van der Waals surface area (Å²) >= 11 is 0. The van der Waals surface area contributed by atoms with E-state index in [4.69, 9.17) is 4.74 Å². The first-order valence-electron chi connectivity index (χ1n) is 8.90. The second kappa shape index (κ2) is 7.85. The third-order valence-corrected chi connectivity index (χ3v) is 4.41. The minimum atomic E-state index is -0.374. The van der Waals surface area contributed by atoms with Crippen LogP contribution in [-0.4, -0.2) is 34.3 Å². The fourth-order valence-electron chi connectivity index (χ4n) is 2.92. The van der Waals surface area contributed by atoms with Gasteiger partial charge in [-0.1, -0.05) is 36.4 Å². The summed E-state index contributed by atoms with van der Waals surface area (Å²) in [5.74, 6) is 0.658. The van der Waals surface area contributed by atoms with E-state index in [1.54, 1.807) is 36.4 Å². The lowest BCUT2D eigenvalue weighted by molar-refractivity contribution is 0.0955. The van der Waals surface area contributed by atoms with Crippen LogP contribution in [0.25, 0.3) is 22.4 Å². The standard InChI is InChI=1S/C22H18N4O3/c1-29-19-9-5-8-16(20(19)27)13-23-26-22(28)15-10-11-17-18(12-15)25-21(24-17)14-6-3-2-4-7-14/h2-13,27H,1H3,(H,24,25)(H,26,28)/b23-13+. The molecule has 3 N–H and O–H groups in total. The molecule has 0 radical (unpaired) electrons. The number of benzene rings is 3. The Kier molecular flexibility index (Phi) is 4.94. The zero-order valence-electron chi connectivity index (χ0n) is 15.6. The molecule has 1 amide bonds. The Morgan fingerprint density at radius 3 is 2.76 bits per heavy atom. The number of hydrogen-bond donors (Lipinski definition) is 3. The quantitative estimate of drug-likeness (QED) is 0.360. The fourth-order valence-corrected chi connectivity index (χ4v) is 2.92. The smallest absolute Gasteiger partial charge is 0.271 e. The summed E-state index contributed by atoms with van der Waals surface area (Å²) in [6.45, 7) is 0. The van der Waals surface area contributed by atoms with Crippen molar-refractivity contribution in [2.24, 2.45) is 5.10 Å². The highest BCUT2D eigenvalue weighted by Crippen LogP contribution is 2.28. The van der Waals surface area contributed by atoms with Crippen molar-refractivity contribution in [1.82, 2.24) is 15.4 Å². The first-order chi connectivity index (χ1) is 14.2.